The van der Waals surface area contributed by atoms with Gasteiger partial charge in [0.2, 0.25) is 0 Å². The average Bonchev–Trinajstić information content (AvgIpc) is 2.86. The smallest absolute Gasteiger partial charge is 0.310 e. The third-order valence-corrected chi connectivity index (χ3v) is 3.18. The second-order valence-electron chi connectivity index (χ2n) is 4.63. The zero-order valence-electron chi connectivity index (χ0n) is 11.8. The van der Waals surface area contributed by atoms with Crippen molar-refractivity contribution in [3.05, 3.63) is 34.9 Å². The van der Waals surface area contributed by atoms with E-state index in [0.717, 1.165) is 30.5 Å². The first kappa shape index (κ1) is 16.0. The SMILES string of the molecule is CC.Cc1ccc(CC(F)(F)F)cc1C1CCCN1. The molecule has 0 saturated carbocycles. The first-order valence-electron chi connectivity index (χ1n) is 6.85. The number of alkyl halides is 3. The summed E-state index contributed by atoms with van der Waals surface area (Å²) in [6, 6.07) is 5.28. The van der Waals surface area contributed by atoms with E-state index < -0.39 is 12.6 Å². The van der Waals surface area contributed by atoms with Gasteiger partial charge in [0, 0.05) is 6.04 Å². The molecular weight excluding hydrogens is 251 g/mol. The van der Waals surface area contributed by atoms with Crippen LogP contribution in [0, 0.1) is 6.92 Å². The van der Waals surface area contributed by atoms with E-state index in [-0.39, 0.29) is 6.04 Å². The first-order valence-corrected chi connectivity index (χ1v) is 6.85. The van der Waals surface area contributed by atoms with Crippen molar-refractivity contribution in [1.29, 1.82) is 0 Å². The highest BCUT2D eigenvalue weighted by molar-refractivity contribution is 5.34. The minimum Gasteiger partial charge on any atom is -0.310 e. The van der Waals surface area contributed by atoms with Gasteiger partial charge in [0.05, 0.1) is 6.42 Å². The van der Waals surface area contributed by atoms with Crippen LogP contribution in [0.3, 0.4) is 0 Å². The molecule has 1 fully saturated rings. The Balaban J connectivity index is 0.000000861. The lowest BCUT2D eigenvalue weighted by molar-refractivity contribution is -0.127. The molecule has 0 aliphatic carbocycles. The fourth-order valence-corrected chi connectivity index (χ4v) is 2.36. The number of hydrogen-bond donors (Lipinski definition) is 1. The van der Waals surface area contributed by atoms with Crippen LogP contribution < -0.4 is 5.32 Å². The van der Waals surface area contributed by atoms with E-state index in [9.17, 15) is 13.2 Å². The van der Waals surface area contributed by atoms with Gasteiger partial charge < -0.3 is 5.32 Å². The molecule has 2 rings (SSSR count). The molecular formula is C15H22F3N. The van der Waals surface area contributed by atoms with Crippen molar-refractivity contribution in [2.45, 2.75) is 52.3 Å². The maximum Gasteiger partial charge on any atom is 0.393 e. The van der Waals surface area contributed by atoms with E-state index in [1.54, 1.807) is 18.2 Å². The van der Waals surface area contributed by atoms with Gasteiger partial charge in [-0.25, -0.2) is 0 Å². The first-order chi connectivity index (χ1) is 8.96. The summed E-state index contributed by atoms with van der Waals surface area (Å²) >= 11 is 0. The number of nitrogens with one attached hydrogen (secondary N) is 1. The Bertz CT molecular complexity index is 393. The molecule has 0 bridgehead atoms. The largest absolute Gasteiger partial charge is 0.393 e. The fraction of sp³-hybridized carbons (Fsp3) is 0.600. The van der Waals surface area contributed by atoms with E-state index in [0.29, 0.717) is 5.56 Å². The molecule has 4 heteroatoms. The summed E-state index contributed by atoms with van der Waals surface area (Å²) in [6.07, 6.45) is -2.87. The number of halogens is 3. The number of rotatable bonds is 2. The van der Waals surface area contributed by atoms with E-state index in [2.05, 4.69) is 5.32 Å². The van der Waals surface area contributed by atoms with Crippen molar-refractivity contribution >= 4 is 0 Å². The summed E-state index contributed by atoms with van der Waals surface area (Å²) in [4.78, 5) is 0. The monoisotopic (exact) mass is 273 g/mol. The molecule has 1 aliphatic rings. The molecule has 0 radical (unpaired) electrons. The topological polar surface area (TPSA) is 12.0 Å². The summed E-state index contributed by atoms with van der Waals surface area (Å²) in [5, 5.41) is 3.32. The Morgan fingerprint density at radius 1 is 1.26 bits per heavy atom. The second-order valence-corrected chi connectivity index (χ2v) is 4.63. The summed E-state index contributed by atoms with van der Waals surface area (Å²) in [6.45, 7) is 6.90. The molecule has 108 valence electrons. The van der Waals surface area contributed by atoms with E-state index in [1.165, 1.54) is 0 Å². The molecule has 1 heterocycles. The van der Waals surface area contributed by atoms with Crippen LogP contribution in [0.5, 0.6) is 0 Å². The minimum atomic E-state index is -4.13. The zero-order chi connectivity index (χ0) is 14.5. The number of hydrogen-bond acceptors (Lipinski definition) is 1. The molecule has 1 nitrogen and oxygen atoms in total. The normalized spacial score (nSPS) is 18.9. The predicted molar refractivity (Wildman–Crippen MR) is 72.3 cm³/mol. The van der Waals surface area contributed by atoms with Crippen LogP contribution in [-0.2, 0) is 6.42 Å². The van der Waals surface area contributed by atoms with Crippen LogP contribution in [0.4, 0.5) is 13.2 Å². The summed E-state index contributed by atoms with van der Waals surface area (Å²) in [5.74, 6) is 0. The summed E-state index contributed by atoms with van der Waals surface area (Å²) < 4.78 is 37.0. The Kier molecular flexibility index (Phi) is 5.85. The van der Waals surface area contributed by atoms with Gasteiger partial charge in [0.1, 0.15) is 0 Å². The highest BCUT2D eigenvalue weighted by Gasteiger charge is 2.28. The van der Waals surface area contributed by atoms with Gasteiger partial charge in [-0.15, -0.1) is 0 Å². The van der Waals surface area contributed by atoms with Crippen LogP contribution >= 0.6 is 0 Å². The van der Waals surface area contributed by atoms with E-state index >= 15 is 0 Å². The molecule has 19 heavy (non-hydrogen) atoms. The Labute approximate surface area is 113 Å². The van der Waals surface area contributed by atoms with Gasteiger partial charge >= 0.3 is 6.18 Å². The fourth-order valence-electron chi connectivity index (χ4n) is 2.36. The molecule has 1 aliphatic heterocycles. The van der Waals surface area contributed by atoms with E-state index in [4.69, 9.17) is 0 Å². The van der Waals surface area contributed by atoms with Crippen molar-refractivity contribution in [3.63, 3.8) is 0 Å². The van der Waals surface area contributed by atoms with E-state index in [1.807, 2.05) is 20.8 Å². The molecule has 0 spiro atoms. The number of aryl methyl sites for hydroxylation is 1. The van der Waals surface area contributed by atoms with Crippen molar-refractivity contribution < 1.29 is 13.2 Å². The third kappa shape index (κ3) is 4.86. The van der Waals surface area contributed by atoms with Crippen molar-refractivity contribution in [2.24, 2.45) is 0 Å². The highest BCUT2D eigenvalue weighted by atomic mass is 19.4. The maximum atomic E-state index is 12.3. The minimum absolute atomic E-state index is 0.225. The molecule has 1 N–H and O–H groups in total. The Morgan fingerprint density at radius 3 is 2.47 bits per heavy atom. The lowest BCUT2D eigenvalue weighted by Gasteiger charge is -2.16. The average molecular weight is 273 g/mol. The van der Waals surface area contributed by atoms with Gasteiger partial charge in [-0.1, -0.05) is 32.0 Å². The summed E-state index contributed by atoms with van der Waals surface area (Å²) in [7, 11) is 0. The molecule has 1 saturated heterocycles. The predicted octanol–water partition coefficient (Wildman–Crippen LogP) is 4.55. The third-order valence-electron chi connectivity index (χ3n) is 3.18. The second kappa shape index (κ2) is 6.94. The molecule has 1 aromatic rings. The standard InChI is InChI=1S/C13H16F3N.C2H6/c1-9-4-5-10(8-13(14,15)16)7-11(9)12-3-2-6-17-12;1-2/h4-5,7,12,17H,2-3,6,8H2,1H3;1-2H3. The van der Waals surface area contributed by atoms with Gasteiger partial charge in [-0.05, 0) is 43.0 Å². The van der Waals surface area contributed by atoms with Gasteiger partial charge in [-0.2, -0.15) is 13.2 Å². The lowest BCUT2D eigenvalue weighted by atomic mass is 9.96. The lowest BCUT2D eigenvalue weighted by Crippen LogP contribution is -2.16. The molecule has 0 aromatic heterocycles. The molecule has 0 amide bonds. The molecule has 1 atom stereocenters. The zero-order valence-corrected chi connectivity index (χ0v) is 11.8. The van der Waals surface area contributed by atoms with Gasteiger partial charge in [0.25, 0.3) is 0 Å². The van der Waals surface area contributed by atoms with Crippen molar-refractivity contribution in [2.75, 3.05) is 6.54 Å². The van der Waals surface area contributed by atoms with Crippen LogP contribution in [0.15, 0.2) is 18.2 Å². The quantitative estimate of drug-likeness (QED) is 0.833. The van der Waals surface area contributed by atoms with Crippen LogP contribution in [0.1, 0.15) is 49.4 Å². The number of benzene rings is 1. The summed E-state index contributed by atoms with van der Waals surface area (Å²) in [5.41, 5.74) is 2.44. The van der Waals surface area contributed by atoms with Crippen molar-refractivity contribution in [3.8, 4) is 0 Å². The Morgan fingerprint density at radius 2 is 1.95 bits per heavy atom. The Hall–Kier alpha value is -1.03. The van der Waals surface area contributed by atoms with Gasteiger partial charge in [-0.3, -0.25) is 0 Å². The van der Waals surface area contributed by atoms with Crippen molar-refractivity contribution in [1.82, 2.24) is 5.32 Å². The maximum absolute atomic E-state index is 12.3. The van der Waals surface area contributed by atoms with Gasteiger partial charge in [0.15, 0.2) is 0 Å². The van der Waals surface area contributed by atoms with Crippen LogP contribution in [0.2, 0.25) is 0 Å². The molecule has 1 unspecified atom stereocenters. The van der Waals surface area contributed by atoms with Crippen LogP contribution in [-0.4, -0.2) is 12.7 Å². The van der Waals surface area contributed by atoms with Crippen LogP contribution in [0.25, 0.3) is 0 Å². The molecule has 1 aromatic carbocycles. The highest BCUT2D eigenvalue weighted by Crippen LogP contribution is 2.29.